The van der Waals surface area contributed by atoms with Crippen molar-refractivity contribution in [2.75, 3.05) is 32.5 Å². The lowest BCUT2D eigenvalue weighted by atomic mass is 10.3. The molecule has 0 amide bonds. The van der Waals surface area contributed by atoms with Crippen LogP contribution in [0.2, 0.25) is 0 Å². The summed E-state index contributed by atoms with van der Waals surface area (Å²) in [4.78, 5) is 3.84. The molecule has 0 aliphatic carbocycles. The second kappa shape index (κ2) is 9.55. The Kier molecular flexibility index (Phi) is 7.39. The number of thiocarbonyl (C=S) groups is 1. The molecule has 0 bridgehead atoms. The van der Waals surface area contributed by atoms with Gasteiger partial charge in [0.05, 0.1) is 26.3 Å². The third-order valence-electron chi connectivity index (χ3n) is 3.25. The van der Waals surface area contributed by atoms with Gasteiger partial charge in [-0.1, -0.05) is 42.1 Å². The maximum atomic E-state index is 5.40. The number of hydrogen-bond acceptors (Lipinski definition) is 2. The number of nitrogens with one attached hydrogen (secondary N) is 3. The van der Waals surface area contributed by atoms with Crippen LogP contribution in [0.5, 0.6) is 0 Å². The lowest BCUT2D eigenvalue weighted by Gasteiger charge is -2.14. The zero-order valence-corrected chi connectivity index (χ0v) is 15.3. The fraction of sp³-hybridized carbons (Fsp3) is 0.278. The van der Waals surface area contributed by atoms with Crippen molar-refractivity contribution in [3.8, 4) is 0 Å². The Labute approximate surface area is 148 Å². The maximum absolute atomic E-state index is 5.40. The third-order valence-corrected chi connectivity index (χ3v) is 4.58. The minimum absolute atomic E-state index is 0.680. The van der Waals surface area contributed by atoms with Crippen LogP contribution in [0, 0.1) is 0 Å². The largest absolute Gasteiger partial charge is 0.362 e. The van der Waals surface area contributed by atoms with Gasteiger partial charge in [-0.05, 0) is 36.5 Å². The molecule has 0 aromatic heterocycles. The normalized spacial score (nSPS) is 10.6. The van der Waals surface area contributed by atoms with E-state index in [9.17, 15) is 0 Å². The number of quaternary nitrogens is 1. The lowest BCUT2D eigenvalue weighted by molar-refractivity contribution is -0.858. The average Bonchev–Trinajstić information content (AvgIpc) is 2.54. The van der Waals surface area contributed by atoms with Crippen LogP contribution in [0.3, 0.4) is 0 Å². The average molecular weight is 347 g/mol. The van der Waals surface area contributed by atoms with E-state index < -0.39 is 0 Å². The van der Waals surface area contributed by atoms with Crippen molar-refractivity contribution >= 4 is 34.8 Å². The lowest BCUT2D eigenvalue weighted by Crippen LogP contribution is -3.05. The highest BCUT2D eigenvalue weighted by atomic mass is 32.2. The van der Waals surface area contributed by atoms with Gasteiger partial charge in [0.25, 0.3) is 0 Å². The zero-order valence-electron chi connectivity index (χ0n) is 13.6. The molecule has 0 saturated carbocycles. The van der Waals surface area contributed by atoms with Crippen molar-refractivity contribution < 1.29 is 4.90 Å². The van der Waals surface area contributed by atoms with Crippen LogP contribution in [0.25, 0.3) is 0 Å². The summed E-state index contributed by atoms with van der Waals surface area (Å²) in [5, 5.41) is 7.27. The van der Waals surface area contributed by atoms with Gasteiger partial charge in [0, 0.05) is 22.8 Å². The van der Waals surface area contributed by atoms with Crippen molar-refractivity contribution in [3.63, 3.8) is 0 Å². The number of hydrogen-bond donors (Lipinski definition) is 3. The molecule has 5 heteroatoms. The van der Waals surface area contributed by atoms with E-state index in [1.165, 1.54) is 14.7 Å². The first-order valence-corrected chi connectivity index (χ1v) is 9.03. The van der Waals surface area contributed by atoms with E-state index in [4.69, 9.17) is 12.2 Å². The maximum Gasteiger partial charge on any atom is 0.170 e. The Hall–Kier alpha value is -1.56. The highest BCUT2D eigenvalue weighted by Crippen LogP contribution is 2.33. The van der Waals surface area contributed by atoms with Gasteiger partial charge in [-0.2, -0.15) is 0 Å². The second-order valence-corrected chi connectivity index (χ2v) is 7.13. The molecule has 2 rings (SSSR count). The van der Waals surface area contributed by atoms with Crippen LogP contribution in [-0.2, 0) is 0 Å². The number of para-hydroxylation sites is 1. The number of rotatable bonds is 7. The smallest absolute Gasteiger partial charge is 0.170 e. The molecule has 0 spiro atoms. The summed E-state index contributed by atoms with van der Waals surface area (Å²) in [7, 11) is 4.32. The Balaban J connectivity index is 1.91. The van der Waals surface area contributed by atoms with E-state index >= 15 is 0 Å². The molecule has 2 aromatic carbocycles. The molecule has 3 nitrogen and oxygen atoms in total. The van der Waals surface area contributed by atoms with Crippen LogP contribution in [0.4, 0.5) is 5.69 Å². The summed E-state index contributed by atoms with van der Waals surface area (Å²) in [6.45, 7) is 2.03. The van der Waals surface area contributed by atoms with E-state index in [2.05, 4.69) is 61.1 Å². The zero-order chi connectivity index (χ0) is 16.5. The molecule has 2 aromatic rings. The van der Waals surface area contributed by atoms with E-state index in [0.29, 0.717) is 5.11 Å². The molecule has 0 saturated heterocycles. The minimum Gasteiger partial charge on any atom is -0.362 e. The summed E-state index contributed by atoms with van der Waals surface area (Å²) >= 11 is 7.14. The summed E-state index contributed by atoms with van der Waals surface area (Å²) in [6, 6.07) is 18.6. The van der Waals surface area contributed by atoms with Gasteiger partial charge in [-0.25, -0.2) is 0 Å². The van der Waals surface area contributed by atoms with Crippen molar-refractivity contribution in [1.29, 1.82) is 0 Å². The Morgan fingerprint density at radius 1 is 1.04 bits per heavy atom. The Bertz CT molecular complexity index is 615. The molecular formula is C18H24N3S2+. The number of benzene rings is 2. The van der Waals surface area contributed by atoms with Crippen molar-refractivity contribution in [3.05, 3.63) is 54.6 Å². The van der Waals surface area contributed by atoms with Gasteiger partial charge < -0.3 is 15.5 Å². The fourth-order valence-corrected chi connectivity index (χ4v) is 3.22. The summed E-state index contributed by atoms with van der Waals surface area (Å²) in [5.41, 5.74) is 1.04. The van der Waals surface area contributed by atoms with Gasteiger partial charge in [0.15, 0.2) is 5.11 Å². The topological polar surface area (TPSA) is 28.5 Å². The van der Waals surface area contributed by atoms with E-state index in [1.807, 2.05) is 18.2 Å². The predicted octanol–water partition coefficient (Wildman–Crippen LogP) is 2.66. The fourth-order valence-electron chi connectivity index (χ4n) is 2.08. The molecule has 0 atom stereocenters. The predicted molar refractivity (Wildman–Crippen MR) is 104 cm³/mol. The van der Waals surface area contributed by atoms with Crippen LogP contribution < -0.4 is 15.5 Å². The van der Waals surface area contributed by atoms with Crippen LogP contribution in [0.15, 0.2) is 64.4 Å². The molecule has 0 heterocycles. The molecular weight excluding hydrogens is 322 g/mol. The molecule has 0 fully saturated rings. The highest BCUT2D eigenvalue weighted by molar-refractivity contribution is 7.99. The molecule has 0 aliphatic rings. The first-order valence-electron chi connectivity index (χ1n) is 7.81. The van der Waals surface area contributed by atoms with Gasteiger partial charge in [-0.3, -0.25) is 0 Å². The van der Waals surface area contributed by atoms with E-state index in [-0.39, 0.29) is 0 Å². The molecule has 0 unspecified atom stereocenters. The van der Waals surface area contributed by atoms with Gasteiger partial charge in [0.1, 0.15) is 0 Å². The monoisotopic (exact) mass is 346 g/mol. The molecule has 23 heavy (non-hydrogen) atoms. The SMILES string of the molecule is C[NH+](C)CCCNC(=S)Nc1ccccc1Sc1ccccc1. The summed E-state index contributed by atoms with van der Waals surface area (Å²) in [6.07, 6.45) is 1.10. The summed E-state index contributed by atoms with van der Waals surface area (Å²) in [5.74, 6) is 0. The van der Waals surface area contributed by atoms with Gasteiger partial charge in [-0.15, -0.1) is 0 Å². The minimum atomic E-state index is 0.680. The highest BCUT2D eigenvalue weighted by Gasteiger charge is 2.05. The third kappa shape index (κ3) is 6.60. The molecule has 0 aliphatic heterocycles. The Morgan fingerprint density at radius 2 is 1.74 bits per heavy atom. The first-order chi connectivity index (χ1) is 11.1. The molecule has 0 radical (unpaired) electrons. The van der Waals surface area contributed by atoms with Crippen molar-refractivity contribution in [2.24, 2.45) is 0 Å². The first kappa shape index (κ1) is 17.8. The van der Waals surface area contributed by atoms with Crippen LogP contribution in [-0.4, -0.2) is 32.3 Å². The van der Waals surface area contributed by atoms with Crippen LogP contribution in [0.1, 0.15) is 6.42 Å². The van der Waals surface area contributed by atoms with Crippen LogP contribution >= 0.6 is 24.0 Å². The summed E-state index contributed by atoms with van der Waals surface area (Å²) < 4.78 is 0. The van der Waals surface area contributed by atoms with Gasteiger partial charge in [0.2, 0.25) is 0 Å². The Morgan fingerprint density at radius 3 is 2.48 bits per heavy atom. The number of anilines is 1. The quantitative estimate of drug-likeness (QED) is 0.531. The second-order valence-electron chi connectivity index (χ2n) is 5.60. The standard InChI is InChI=1S/C18H23N3S2/c1-21(2)14-8-13-19-18(22)20-16-11-6-7-12-17(16)23-15-9-4-3-5-10-15/h3-7,9-12H,8,13-14H2,1-2H3,(H2,19,20,22)/p+1. The van der Waals surface area contributed by atoms with Crippen molar-refractivity contribution in [1.82, 2.24) is 5.32 Å². The van der Waals surface area contributed by atoms with E-state index in [1.54, 1.807) is 11.8 Å². The van der Waals surface area contributed by atoms with E-state index in [0.717, 1.165) is 25.2 Å². The van der Waals surface area contributed by atoms with Crippen molar-refractivity contribution in [2.45, 2.75) is 16.2 Å². The molecule has 3 N–H and O–H groups in total. The molecule has 122 valence electrons. The van der Waals surface area contributed by atoms with Gasteiger partial charge >= 0.3 is 0 Å².